The number of hydrogen-bond donors (Lipinski definition) is 0. The zero-order valence-electron chi connectivity index (χ0n) is 19.0. The SMILES string of the molecule is CCn1c(=O)c(=O)n(CCCN2C(=O)c3ccccc3C2=O)c2cc(S(=O)(=O)N(C)C)ccc21. The standard InChI is InChI=1S/C23H24N4O6S/c1-4-25-18-11-10-15(34(32,33)24(2)3)14-19(18)26(23(31)22(25)30)12-7-13-27-20(28)16-8-5-6-9-17(16)21(27)29/h5-6,8-11,14H,4,7,12-13H2,1-3H3. The van der Waals surface area contributed by atoms with Crippen molar-refractivity contribution in [2.45, 2.75) is 31.3 Å². The van der Waals surface area contributed by atoms with Crippen molar-refractivity contribution in [1.29, 1.82) is 0 Å². The molecule has 0 radical (unpaired) electrons. The highest BCUT2D eigenvalue weighted by Gasteiger charge is 2.34. The number of amides is 2. The van der Waals surface area contributed by atoms with Crippen LogP contribution in [0.1, 0.15) is 34.1 Å². The number of fused-ring (bicyclic) bond motifs is 2. The van der Waals surface area contributed by atoms with E-state index in [1.165, 1.54) is 41.4 Å². The number of carbonyl (C=O) groups excluding carboxylic acids is 2. The molecule has 0 aliphatic carbocycles. The van der Waals surface area contributed by atoms with Gasteiger partial charge in [0.25, 0.3) is 11.8 Å². The number of rotatable bonds is 7. The maximum absolute atomic E-state index is 12.9. The fraction of sp³-hybridized carbons (Fsp3) is 0.304. The first-order chi connectivity index (χ1) is 16.1. The Bertz CT molecular complexity index is 1520. The van der Waals surface area contributed by atoms with Crippen molar-refractivity contribution < 1.29 is 18.0 Å². The molecule has 0 unspecified atom stereocenters. The number of aromatic nitrogens is 2. The van der Waals surface area contributed by atoms with Gasteiger partial charge in [-0.3, -0.25) is 24.1 Å². The summed E-state index contributed by atoms with van der Waals surface area (Å²) in [5.74, 6) is -0.808. The van der Waals surface area contributed by atoms with Crippen LogP contribution in [0.5, 0.6) is 0 Å². The Balaban J connectivity index is 1.71. The van der Waals surface area contributed by atoms with Gasteiger partial charge < -0.3 is 9.13 Å². The van der Waals surface area contributed by atoms with Crippen LogP contribution < -0.4 is 11.1 Å². The van der Waals surface area contributed by atoms with Crippen molar-refractivity contribution >= 4 is 32.9 Å². The minimum absolute atomic E-state index is 0.0141. The summed E-state index contributed by atoms with van der Waals surface area (Å²) in [7, 11) is -0.965. The molecule has 1 aliphatic heterocycles. The van der Waals surface area contributed by atoms with E-state index in [1.54, 1.807) is 31.2 Å². The Hall–Kier alpha value is -3.57. The molecule has 0 N–H and O–H groups in total. The summed E-state index contributed by atoms with van der Waals surface area (Å²) in [6.07, 6.45) is 0.209. The number of aryl methyl sites for hydroxylation is 2. The van der Waals surface area contributed by atoms with Crippen LogP contribution in [0.25, 0.3) is 11.0 Å². The summed E-state index contributed by atoms with van der Waals surface area (Å²) in [5, 5.41) is 0. The Morgan fingerprint density at radius 3 is 1.94 bits per heavy atom. The number of nitrogens with zero attached hydrogens (tertiary/aromatic N) is 4. The molecule has 4 rings (SSSR count). The van der Waals surface area contributed by atoms with Crippen LogP contribution in [-0.4, -0.2) is 59.2 Å². The average Bonchev–Trinajstić information content (AvgIpc) is 3.06. The lowest BCUT2D eigenvalue weighted by molar-refractivity contribution is 0.0650. The molecule has 0 fully saturated rings. The first-order valence-corrected chi connectivity index (χ1v) is 12.2. The van der Waals surface area contributed by atoms with E-state index in [0.29, 0.717) is 16.6 Å². The Morgan fingerprint density at radius 2 is 1.38 bits per heavy atom. The first kappa shape index (κ1) is 23.6. The zero-order valence-corrected chi connectivity index (χ0v) is 19.8. The van der Waals surface area contributed by atoms with E-state index in [4.69, 9.17) is 0 Å². The van der Waals surface area contributed by atoms with Gasteiger partial charge in [-0.2, -0.15) is 0 Å². The van der Waals surface area contributed by atoms with Gasteiger partial charge in [-0.25, -0.2) is 12.7 Å². The van der Waals surface area contributed by atoms with Crippen LogP contribution in [0, 0.1) is 0 Å². The maximum Gasteiger partial charge on any atom is 0.316 e. The molecular formula is C23H24N4O6S. The van der Waals surface area contributed by atoms with Crippen molar-refractivity contribution in [3.63, 3.8) is 0 Å². The summed E-state index contributed by atoms with van der Waals surface area (Å²) in [5.41, 5.74) is -0.143. The third-order valence-electron chi connectivity index (χ3n) is 5.94. The van der Waals surface area contributed by atoms with Crippen LogP contribution in [0.15, 0.2) is 56.9 Å². The molecule has 1 aromatic heterocycles. The lowest BCUT2D eigenvalue weighted by Gasteiger charge is -2.18. The molecule has 0 saturated heterocycles. The molecule has 1 aliphatic rings. The van der Waals surface area contributed by atoms with Gasteiger partial charge in [0.05, 0.1) is 27.1 Å². The highest BCUT2D eigenvalue weighted by molar-refractivity contribution is 7.89. The quantitative estimate of drug-likeness (QED) is 0.366. The summed E-state index contributed by atoms with van der Waals surface area (Å²) in [6, 6.07) is 10.8. The molecule has 178 valence electrons. The van der Waals surface area contributed by atoms with Crippen LogP contribution in [-0.2, 0) is 23.1 Å². The molecule has 2 heterocycles. The van der Waals surface area contributed by atoms with E-state index in [1.807, 2.05) is 0 Å². The number of hydrogen-bond acceptors (Lipinski definition) is 6. The van der Waals surface area contributed by atoms with Crippen LogP contribution >= 0.6 is 0 Å². The molecule has 0 bridgehead atoms. The van der Waals surface area contributed by atoms with Gasteiger partial charge in [-0.15, -0.1) is 0 Å². The Kier molecular flexibility index (Phi) is 6.00. The molecule has 3 aromatic rings. The van der Waals surface area contributed by atoms with E-state index >= 15 is 0 Å². The molecule has 34 heavy (non-hydrogen) atoms. The number of benzene rings is 2. The fourth-order valence-corrected chi connectivity index (χ4v) is 5.06. The molecule has 2 amide bonds. The second-order valence-electron chi connectivity index (χ2n) is 8.11. The minimum atomic E-state index is -3.77. The van der Waals surface area contributed by atoms with E-state index in [0.717, 1.165) is 9.21 Å². The van der Waals surface area contributed by atoms with Gasteiger partial charge in [-0.05, 0) is 43.7 Å². The van der Waals surface area contributed by atoms with E-state index in [2.05, 4.69) is 0 Å². The Morgan fingerprint density at radius 1 is 0.794 bits per heavy atom. The highest BCUT2D eigenvalue weighted by atomic mass is 32.2. The van der Waals surface area contributed by atoms with E-state index in [9.17, 15) is 27.6 Å². The van der Waals surface area contributed by atoms with Gasteiger partial charge in [0, 0.05) is 33.7 Å². The predicted molar refractivity (Wildman–Crippen MR) is 125 cm³/mol. The fourth-order valence-electron chi connectivity index (χ4n) is 4.13. The summed E-state index contributed by atoms with van der Waals surface area (Å²) < 4.78 is 28.9. The molecule has 0 spiro atoms. The topological polar surface area (TPSA) is 119 Å². The van der Waals surface area contributed by atoms with Crippen LogP contribution in [0.2, 0.25) is 0 Å². The zero-order chi connectivity index (χ0) is 24.8. The van der Waals surface area contributed by atoms with E-state index in [-0.39, 0.29) is 36.5 Å². The Labute approximate surface area is 195 Å². The van der Waals surface area contributed by atoms with Crippen molar-refractivity contribution in [3.05, 3.63) is 74.3 Å². The molecular weight excluding hydrogens is 460 g/mol. The van der Waals surface area contributed by atoms with Crippen molar-refractivity contribution in [3.8, 4) is 0 Å². The summed E-state index contributed by atoms with van der Waals surface area (Å²) in [4.78, 5) is 51.9. The van der Waals surface area contributed by atoms with Gasteiger partial charge in [0.1, 0.15) is 0 Å². The number of imide groups is 1. The van der Waals surface area contributed by atoms with Gasteiger partial charge in [0.15, 0.2) is 0 Å². The van der Waals surface area contributed by atoms with Crippen molar-refractivity contribution in [1.82, 2.24) is 18.3 Å². The largest absolute Gasteiger partial charge is 0.316 e. The monoisotopic (exact) mass is 484 g/mol. The van der Waals surface area contributed by atoms with E-state index < -0.39 is 33.0 Å². The molecule has 0 saturated carbocycles. The number of sulfonamides is 1. The van der Waals surface area contributed by atoms with Gasteiger partial charge in [-0.1, -0.05) is 12.1 Å². The molecule has 0 atom stereocenters. The lowest BCUT2D eigenvalue weighted by atomic mass is 10.1. The van der Waals surface area contributed by atoms with Crippen LogP contribution in [0.4, 0.5) is 0 Å². The summed E-state index contributed by atoms with van der Waals surface area (Å²) >= 11 is 0. The summed E-state index contributed by atoms with van der Waals surface area (Å²) in [6.45, 7) is 2.03. The smallest absolute Gasteiger partial charge is 0.302 e. The van der Waals surface area contributed by atoms with Crippen molar-refractivity contribution in [2.24, 2.45) is 0 Å². The van der Waals surface area contributed by atoms with Gasteiger partial charge in [0.2, 0.25) is 10.0 Å². The van der Waals surface area contributed by atoms with Gasteiger partial charge >= 0.3 is 11.1 Å². The normalized spacial score (nSPS) is 13.8. The molecule has 10 nitrogen and oxygen atoms in total. The second kappa shape index (κ2) is 8.65. The third-order valence-corrected chi connectivity index (χ3v) is 7.75. The molecule has 2 aromatic carbocycles. The maximum atomic E-state index is 12.9. The third kappa shape index (κ3) is 3.66. The average molecular weight is 485 g/mol. The predicted octanol–water partition coefficient (Wildman–Crippen LogP) is 1.12. The lowest BCUT2D eigenvalue weighted by Crippen LogP contribution is -2.42. The minimum Gasteiger partial charge on any atom is -0.302 e. The number of carbonyl (C=O) groups is 2. The molecule has 11 heteroatoms. The van der Waals surface area contributed by atoms with Crippen LogP contribution in [0.3, 0.4) is 0 Å². The highest BCUT2D eigenvalue weighted by Crippen LogP contribution is 2.23. The second-order valence-corrected chi connectivity index (χ2v) is 10.3. The van der Waals surface area contributed by atoms with Crippen molar-refractivity contribution in [2.75, 3.05) is 20.6 Å². The first-order valence-electron chi connectivity index (χ1n) is 10.7.